The van der Waals surface area contributed by atoms with Gasteiger partial charge in [0.25, 0.3) is 0 Å². The van der Waals surface area contributed by atoms with Gasteiger partial charge in [-0.3, -0.25) is 14.4 Å². The maximum absolute atomic E-state index is 12.9. The fourth-order valence-corrected chi connectivity index (χ4v) is 9.62. The molecule has 0 saturated carbocycles. The minimum Gasteiger partial charge on any atom is -0.462 e. The van der Waals surface area contributed by atoms with Crippen molar-refractivity contribution >= 4 is 17.9 Å². The molecule has 74 heavy (non-hydrogen) atoms. The Morgan fingerprint density at radius 2 is 0.486 bits per heavy atom. The molecule has 0 unspecified atom stereocenters. The predicted molar refractivity (Wildman–Crippen MR) is 321 cm³/mol. The van der Waals surface area contributed by atoms with E-state index in [1.54, 1.807) is 0 Å². The van der Waals surface area contributed by atoms with E-state index in [2.05, 4.69) is 69.4 Å². The molecule has 0 aromatic rings. The van der Waals surface area contributed by atoms with Gasteiger partial charge in [0.15, 0.2) is 6.10 Å². The van der Waals surface area contributed by atoms with Gasteiger partial charge in [0.2, 0.25) is 0 Å². The SMILES string of the molecule is CCCCC/C=C\C/C=C\CCCCCCCCCCCC(=O)OC[C@@H](COC(=O)CCCCCCCCCCCCCCCCCCCC)OC(=O)CCCCCCCCCCC/C=C\C/C=C\CCCCC. The first-order valence-corrected chi connectivity index (χ1v) is 32.6. The van der Waals surface area contributed by atoms with Gasteiger partial charge >= 0.3 is 17.9 Å². The third-order valence-corrected chi connectivity index (χ3v) is 14.6. The van der Waals surface area contributed by atoms with Crippen molar-refractivity contribution in [3.05, 3.63) is 48.6 Å². The zero-order chi connectivity index (χ0) is 53.6. The molecular weight excluding hydrogens is 913 g/mol. The molecule has 0 fully saturated rings. The molecule has 6 heteroatoms. The Kier molecular flexibility index (Phi) is 60.7. The molecule has 0 aromatic carbocycles. The van der Waals surface area contributed by atoms with Gasteiger partial charge in [-0.25, -0.2) is 0 Å². The maximum atomic E-state index is 12.9. The molecule has 0 bridgehead atoms. The molecule has 0 radical (unpaired) electrons. The maximum Gasteiger partial charge on any atom is 0.306 e. The number of allylic oxidation sites excluding steroid dienone is 8. The van der Waals surface area contributed by atoms with Gasteiger partial charge in [0, 0.05) is 19.3 Å². The van der Waals surface area contributed by atoms with E-state index in [9.17, 15) is 14.4 Å². The lowest BCUT2D eigenvalue weighted by atomic mass is 10.0. The third kappa shape index (κ3) is 60.2. The van der Waals surface area contributed by atoms with Crippen molar-refractivity contribution in [1.29, 1.82) is 0 Å². The Morgan fingerprint density at radius 3 is 0.770 bits per heavy atom. The van der Waals surface area contributed by atoms with Crippen LogP contribution in [0.3, 0.4) is 0 Å². The second-order valence-corrected chi connectivity index (χ2v) is 22.0. The van der Waals surface area contributed by atoms with Gasteiger partial charge in [0.1, 0.15) is 13.2 Å². The molecular formula is C68H124O6. The molecule has 432 valence electrons. The molecule has 0 aliphatic heterocycles. The first kappa shape index (κ1) is 71.4. The zero-order valence-electron chi connectivity index (χ0n) is 49.6. The average molecular weight is 1040 g/mol. The van der Waals surface area contributed by atoms with Crippen molar-refractivity contribution in [2.45, 2.75) is 354 Å². The van der Waals surface area contributed by atoms with Gasteiger partial charge in [0.05, 0.1) is 0 Å². The van der Waals surface area contributed by atoms with E-state index in [4.69, 9.17) is 14.2 Å². The van der Waals surface area contributed by atoms with Crippen LogP contribution >= 0.6 is 0 Å². The van der Waals surface area contributed by atoms with Gasteiger partial charge in [-0.2, -0.15) is 0 Å². The van der Waals surface area contributed by atoms with E-state index in [1.165, 1.54) is 238 Å². The summed E-state index contributed by atoms with van der Waals surface area (Å²) in [5.41, 5.74) is 0. The van der Waals surface area contributed by atoms with Crippen molar-refractivity contribution in [3.8, 4) is 0 Å². The number of carbonyl (C=O) groups excluding carboxylic acids is 3. The Labute approximate surface area is 460 Å². The molecule has 0 amide bonds. The summed E-state index contributed by atoms with van der Waals surface area (Å²) in [7, 11) is 0. The molecule has 6 nitrogen and oxygen atoms in total. The Hall–Kier alpha value is -2.63. The van der Waals surface area contributed by atoms with E-state index in [0.717, 1.165) is 70.6 Å². The second kappa shape index (κ2) is 62.9. The summed E-state index contributed by atoms with van der Waals surface area (Å²) >= 11 is 0. The van der Waals surface area contributed by atoms with Crippen LogP contribution < -0.4 is 0 Å². The Balaban J connectivity index is 4.35. The first-order valence-electron chi connectivity index (χ1n) is 32.6. The van der Waals surface area contributed by atoms with Crippen LogP contribution in [0.2, 0.25) is 0 Å². The molecule has 0 spiro atoms. The summed E-state index contributed by atoms with van der Waals surface area (Å²) in [6.45, 7) is 6.64. The fourth-order valence-electron chi connectivity index (χ4n) is 9.62. The minimum atomic E-state index is -0.776. The highest BCUT2D eigenvalue weighted by Gasteiger charge is 2.19. The molecule has 1 atom stereocenters. The molecule has 0 rings (SSSR count). The van der Waals surface area contributed by atoms with E-state index < -0.39 is 6.10 Å². The number of esters is 3. The highest BCUT2D eigenvalue weighted by Crippen LogP contribution is 2.17. The fraction of sp³-hybridized carbons (Fsp3) is 0.838. The highest BCUT2D eigenvalue weighted by molar-refractivity contribution is 5.71. The summed E-state index contributed by atoms with van der Waals surface area (Å²) in [6, 6.07) is 0. The quantitative estimate of drug-likeness (QED) is 0.0261. The van der Waals surface area contributed by atoms with Crippen molar-refractivity contribution in [3.63, 3.8) is 0 Å². The third-order valence-electron chi connectivity index (χ3n) is 14.6. The number of hydrogen-bond acceptors (Lipinski definition) is 6. The standard InChI is InChI=1S/C68H124O6/c1-4-7-10-13-16-19-22-25-28-31-34-37-40-43-46-49-52-55-58-61-67(70)73-64-65(63-72-66(69)60-57-54-51-48-45-42-39-36-33-30-27-24-21-18-15-12-9-6-3)74-68(71)62-59-56-53-50-47-44-41-38-35-32-29-26-23-20-17-14-11-8-5-2/h16-17,19-20,25-26,28-29,65H,4-15,18,21-24,27,30-64H2,1-3H3/b19-16-,20-17-,28-25-,29-26-/t65-/m1/s1. The Morgan fingerprint density at radius 1 is 0.270 bits per heavy atom. The first-order chi connectivity index (χ1) is 36.5. The smallest absolute Gasteiger partial charge is 0.306 e. The van der Waals surface area contributed by atoms with Crippen LogP contribution in [-0.4, -0.2) is 37.2 Å². The summed E-state index contributed by atoms with van der Waals surface area (Å²) < 4.78 is 17.0. The van der Waals surface area contributed by atoms with Crippen LogP contribution in [0.5, 0.6) is 0 Å². The van der Waals surface area contributed by atoms with Gasteiger partial charge in [-0.15, -0.1) is 0 Å². The van der Waals surface area contributed by atoms with Crippen LogP contribution in [0.1, 0.15) is 348 Å². The lowest BCUT2D eigenvalue weighted by Crippen LogP contribution is -2.30. The minimum absolute atomic E-state index is 0.0721. The number of carbonyl (C=O) groups is 3. The lowest BCUT2D eigenvalue weighted by molar-refractivity contribution is -0.167. The van der Waals surface area contributed by atoms with E-state index in [1.807, 2.05) is 0 Å². The van der Waals surface area contributed by atoms with Crippen LogP contribution in [0.25, 0.3) is 0 Å². The van der Waals surface area contributed by atoms with Crippen molar-refractivity contribution < 1.29 is 28.6 Å². The van der Waals surface area contributed by atoms with Gasteiger partial charge in [-0.1, -0.05) is 294 Å². The van der Waals surface area contributed by atoms with Crippen LogP contribution in [0.15, 0.2) is 48.6 Å². The van der Waals surface area contributed by atoms with E-state index in [-0.39, 0.29) is 31.1 Å². The number of rotatable bonds is 60. The summed E-state index contributed by atoms with van der Waals surface area (Å²) in [6.07, 6.45) is 78.2. The summed E-state index contributed by atoms with van der Waals surface area (Å²) in [5.74, 6) is -0.858. The van der Waals surface area contributed by atoms with Crippen molar-refractivity contribution in [2.24, 2.45) is 0 Å². The van der Waals surface area contributed by atoms with Gasteiger partial charge in [-0.05, 0) is 83.5 Å². The van der Waals surface area contributed by atoms with E-state index in [0.29, 0.717) is 19.3 Å². The zero-order valence-corrected chi connectivity index (χ0v) is 49.6. The predicted octanol–water partition coefficient (Wildman–Crippen LogP) is 22.2. The number of ether oxygens (including phenoxy) is 3. The topological polar surface area (TPSA) is 78.9 Å². The number of unbranched alkanes of at least 4 members (excludes halogenated alkanes) is 41. The molecule has 0 aliphatic carbocycles. The molecule has 0 aromatic heterocycles. The Bertz CT molecular complexity index is 1280. The summed E-state index contributed by atoms with van der Waals surface area (Å²) in [4.78, 5) is 38.4. The van der Waals surface area contributed by atoms with Crippen LogP contribution in [0, 0.1) is 0 Å². The van der Waals surface area contributed by atoms with Crippen LogP contribution in [0.4, 0.5) is 0 Å². The second-order valence-electron chi connectivity index (χ2n) is 22.0. The molecule has 0 aliphatic rings. The van der Waals surface area contributed by atoms with Crippen molar-refractivity contribution in [1.82, 2.24) is 0 Å². The largest absolute Gasteiger partial charge is 0.462 e. The average Bonchev–Trinajstić information content (AvgIpc) is 3.40. The highest BCUT2D eigenvalue weighted by atomic mass is 16.6. The van der Waals surface area contributed by atoms with Crippen LogP contribution in [-0.2, 0) is 28.6 Å². The number of hydrogen-bond donors (Lipinski definition) is 0. The molecule has 0 saturated heterocycles. The normalized spacial score (nSPS) is 12.3. The van der Waals surface area contributed by atoms with Gasteiger partial charge < -0.3 is 14.2 Å². The molecule has 0 N–H and O–H groups in total. The monoisotopic (exact) mass is 1040 g/mol. The lowest BCUT2D eigenvalue weighted by Gasteiger charge is -2.18. The summed E-state index contributed by atoms with van der Waals surface area (Å²) in [5, 5.41) is 0. The van der Waals surface area contributed by atoms with Crippen molar-refractivity contribution in [2.75, 3.05) is 13.2 Å². The van der Waals surface area contributed by atoms with E-state index >= 15 is 0 Å². The molecule has 0 heterocycles.